The SMILES string of the molecule is C=S(=O)(NC(=O)Cc1cccc(C#N)c1)c1cc(Cl)cs1. The summed E-state index contributed by atoms with van der Waals surface area (Å²) in [6.07, 6.45) is 0.0289. The van der Waals surface area contributed by atoms with Gasteiger partial charge in [0.05, 0.1) is 32.8 Å². The number of carbonyl (C=O) groups excluding carboxylic acids is 1. The van der Waals surface area contributed by atoms with Gasteiger partial charge in [0.15, 0.2) is 0 Å². The lowest BCUT2D eigenvalue weighted by Crippen LogP contribution is -2.31. The van der Waals surface area contributed by atoms with E-state index in [1.165, 1.54) is 17.4 Å². The third-order valence-electron chi connectivity index (χ3n) is 2.57. The maximum atomic E-state index is 12.4. The second kappa shape index (κ2) is 6.31. The molecule has 2 aromatic rings. The van der Waals surface area contributed by atoms with Crippen LogP contribution in [0.1, 0.15) is 11.1 Å². The zero-order valence-electron chi connectivity index (χ0n) is 10.8. The number of thiophene rings is 1. The van der Waals surface area contributed by atoms with Crippen molar-refractivity contribution in [3.63, 3.8) is 0 Å². The molecule has 7 heteroatoms. The molecule has 0 bridgehead atoms. The van der Waals surface area contributed by atoms with Crippen molar-refractivity contribution in [3.8, 4) is 6.07 Å². The number of rotatable bonds is 4. The molecule has 2 rings (SSSR count). The van der Waals surface area contributed by atoms with Gasteiger partial charge in [0, 0.05) is 5.38 Å². The van der Waals surface area contributed by atoms with Crippen molar-refractivity contribution in [3.05, 3.63) is 51.9 Å². The zero-order valence-corrected chi connectivity index (χ0v) is 13.2. The lowest BCUT2D eigenvalue weighted by molar-refractivity contribution is -0.118. The molecule has 21 heavy (non-hydrogen) atoms. The maximum absolute atomic E-state index is 12.4. The van der Waals surface area contributed by atoms with Crippen LogP contribution in [-0.2, 0) is 20.9 Å². The van der Waals surface area contributed by atoms with E-state index >= 15 is 0 Å². The first-order chi connectivity index (χ1) is 9.90. The fourth-order valence-corrected chi connectivity index (χ4v) is 4.29. The van der Waals surface area contributed by atoms with Crippen molar-refractivity contribution in [1.82, 2.24) is 4.72 Å². The van der Waals surface area contributed by atoms with Crippen molar-refractivity contribution < 1.29 is 9.00 Å². The fourth-order valence-electron chi connectivity index (χ4n) is 1.67. The van der Waals surface area contributed by atoms with Crippen LogP contribution in [-0.4, -0.2) is 16.0 Å². The van der Waals surface area contributed by atoms with Gasteiger partial charge in [0.2, 0.25) is 5.91 Å². The maximum Gasteiger partial charge on any atom is 0.235 e. The van der Waals surface area contributed by atoms with Crippen LogP contribution >= 0.6 is 22.9 Å². The van der Waals surface area contributed by atoms with Crippen LogP contribution in [0.25, 0.3) is 0 Å². The molecule has 1 N–H and O–H groups in total. The summed E-state index contributed by atoms with van der Waals surface area (Å²) in [5, 5.41) is 10.9. The van der Waals surface area contributed by atoms with E-state index in [0.717, 1.165) is 0 Å². The van der Waals surface area contributed by atoms with Crippen LogP contribution in [0.5, 0.6) is 0 Å². The molecule has 0 spiro atoms. The predicted octanol–water partition coefficient (Wildman–Crippen LogP) is 2.62. The molecule has 0 fully saturated rings. The van der Waals surface area contributed by atoms with E-state index in [2.05, 4.69) is 10.6 Å². The lowest BCUT2D eigenvalue weighted by Gasteiger charge is -2.09. The van der Waals surface area contributed by atoms with E-state index in [4.69, 9.17) is 16.9 Å². The number of benzene rings is 1. The van der Waals surface area contributed by atoms with E-state index in [0.29, 0.717) is 20.4 Å². The number of hydrogen-bond donors (Lipinski definition) is 1. The van der Waals surface area contributed by atoms with Crippen molar-refractivity contribution >= 4 is 44.4 Å². The fraction of sp³-hybridized carbons (Fsp3) is 0.0714. The number of nitrogens with one attached hydrogen (secondary N) is 1. The largest absolute Gasteiger partial charge is 0.278 e. The first kappa shape index (κ1) is 15.6. The minimum absolute atomic E-state index is 0.0289. The van der Waals surface area contributed by atoms with Crippen molar-refractivity contribution in [1.29, 1.82) is 5.26 Å². The van der Waals surface area contributed by atoms with Crippen molar-refractivity contribution in [2.45, 2.75) is 10.6 Å². The van der Waals surface area contributed by atoms with Crippen LogP contribution in [0.2, 0.25) is 5.02 Å². The molecular weight excluding hydrogens is 328 g/mol. The Morgan fingerprint density at radius 3 is 2.86 bits per heavy atom. The smallest absolute Gasteiger partial charge is 0.235 e. The minimum atomic E-state index is -2.90. The Hall–Kier alpha value is -1.81. The van der Waals surface area contributed by atoms with Gasteiger partial charge in [-0.25, -0.2) is 4.21 Å². The summed E-state index contributed by atoms with van der Waals surface area (Å²) in [6, 6.07) is 10.2. The van der Waals surface area contributed by atoms with Gasteiger partial charge in [0.25, 0.3) is 0 Å². The Morgan fingerprint density at radius 1 is 1.48 bits per heavy atom. The van der Waals surface area contributed by atoms with Crippen LogP contribution < -0.4 is 4.72 Å². The van der Waals surface area contributed by atoms with Gasteiger partial charge in [0.1, 0.15) is 4.21 Å². The molecule has 0 aliphatic rings. The highest BCUT2D eigenvalue weighted by molar-refractivity contribution is 8.00. The average Bonchev–Trinajstić information content (AvgIpc) is 2.86. The van der Waals surface area contributed by atoms with E-state index < -0.39 is 15.6 Å². The summed E-state index contributed by atoms with van der Waals surface area (Å²) < 4.78 is 15.2. The monoisotopic (exact) mass is 338 g/mol. The second-order valence-corrected chi connectivity index (χ2v) is 7.87. The van der Waals surface area contributed by atoms with Crippen LogP contribution in [0.15, 0.2) is 39.9 Å². The third-order valence-corrected chi connectivity index (χ3v) is 6.06. The van der Waals surface area contributed by atoms with Gasteiger partial charge in [-0.1, -0.05) is 23.7 Å². The standard InChI is InChI=1S/C14H11ClN2O2S2/c1-21(19,14-7-12(15)9-20-14)17-13(18)6-10-3-2-4-11(5-10)8-16/h2-5,7,9H,1,6H2,(H,17,18,19). The number of hydrogen-bond acceptors (Lipinski definition) is 4. The van der Waals surface area contributed by atoms with Gasteiger partial charge in [-0.2, -0.15) is 5.26 Å². The molecule has 1 heterocycles. The Morgan fingerprint density at radius 2 is 2.24 bits per heavy atom. The molecule has 1 atom stereocenters. The zero-order chi connectivity index (χ0) is 15.5. The van der Waals surface area contributed by atoms with Crippen molar-refractivity contribution in [2.24, 2.45) is 0 Å². The van der Waals surface area contributed by atoms with Crippen LogP contribution in [0, 0.1) is 11.3 Å². The average molecular weight is 339 g/mol. The summed E-state index contributed by atoms with van der Waals surface area (Å²) in [5.41, 5.74) is 1.15. The Balaban J connectivity index is 2.09. The molecule has 0 saturated heterocycles. The topological polar surface area (TPSA) is 70.0 Å². The first-order valence-electron chi connectivity index (χ1n) is 5.81. The highest BCUT2D eigenvalue weighted by Crippen LogP contribution is 2.23. The Labute approximate surface area is 132 Å². The normalized spacial score (nSPS) is 13.1. The number of nitrogens with zero attached hydrogens (tertiary/aromatic N) is 1. The molecule has 0 saturated carbocycles. The van der Waals surface area contributed by atoms with E-state index in [9.17, 15) is 9.00 Å². The van der Waals surface area contributed by atoms with Gasteiger partial charge < -0.3 is 0 Å². The molecule has 4 nitrogen and oxygen atoms in total. The summed E-state index contributed by atoms with van der Waals surface area (Å²) >= 11 is 6.96. The molecule has 1 amide bonds. The summed E-state index contributed by atoms with van der Waals surface area (Å²) in [6.45, 7) is 0. The predicted molar refractivity (Wildman–Crippen MR) is 85.9 cm³/mol. The molecule has 1 aromatic carbocycles. The van der Waals surface area contributed by atoms with Crippen LogP contribution in [0.3, 0.4) is 0 Å². The summed E-state index contributed by atoms with van der Waals surface area (Å²) in [4.78, 5) is 12.0. The molecular formula is C14H11ClN2O2S2. The highest BCUT2D eigenvalue weighted by atomic mass is 35.5. The van der Waals surface area contributed by atoms with Crippen molar-refractivity contribution in [2.75, 3.05) is 0 Å². The lowest BCUT2D eigenvalue weighted by atomic mass is 10.1. The molecule has 0 aliphatic carbocycles. The molecule has 0 aliphatic heterocycles. The highest BCUT2D eigenvalue weighted by Gasteiger charge is 2.14. The number of halogens is 1. The number of nitriles is 1. The molecule has 108 valence electrons. The van der Waals surface area contributed by atoms with Gasteiger partial charge in [-0.05, 0) is 29.6 Å². The van der Waals surface area contributed by atoms with Gasteiger partial charge >= 0.3 is 0 Å². The number of amides is 1. The summed E-state index contributed by atoms with van der Waals surface area (Å²) in [5.74, 6) is 3.14. The van der Waals surface area contributed by atoms with Gasteiger partial charge in [-0.15, -0.1) is 11.3 Å². The van der Waals surface area contributed by atoms with Gasteiger partial charge in [-0.3, -0.25) is 9.52 Å². The van der Waals surface area contributed by atoms with E-state index in [1.54, 1.807) is 29.6 Å². The third kappa shape index (κ3) is 4.08. The Bertz CT molecular complexity index is 819. The van der Waals surface area contributed by atoms with Crippen LogP contribution in [0.4, 0.5) is 0 Å². The second-order valence-electron chi connectivity index (χ2n) is 4.27. The quantitative estimate of drug-likeness (QED) is 0.871. The van der Waals surface area contributed by atoms with E-state index in [1.807, 2.05) is 6.07 Å². The molecule has 1 aromatic heterocycles. The minimum Gasteiger partial charge on any atom is -0.278 e. The van der Waals surface area contributed by atoms with E-state index in [-0.39, 0.29) is 6.42 Å². The molecule has 1 unspecified atom stereocenters. The molecule has 0 radical (unpaired) electrons. The first-order valence-corrected chi connectivity index (χ1v) is 8.80. The Kier molecular flexibility index (Phi) is 4.68. The summed E-state index contributed by atoms with van der Waals surface area (Å²) in [7, 11) is -2.90. The number of carbonyl (C=O) groups is 1.